The van der Waals surface area contributed by atoms with Crippen LogP contribution in [0.5, 0.6) is 0 Å². The van der Waals surface area contributed by atoms with E-state index in [-0.39, 0.29) is 16.7 Å². The molecule has 1 aliphatic heterocycles. The predicted octanol–water partition coefficient (Wildman–Crippen LogP) is 4.36. The fourth-order valence-electron chi connectivity index (χ4n) is 3.21. The molecule has 0 aromatic carbocycles. The molecular formula is C17H32O3. The number of rotatable bonds is 7. The Morgan fingerprint density at radius 3 is 2.20 bits per heavy atom. The molecule has 0 aromatic rings. The van der Waals surface area contributed by atoms with Crippen molar-refractivity contribution in [1.82, 2.24) is 0 Å². The van der Waals surface area contributed by atoms with Crippen LogP contribution in [-0.4, -0.2) is 24.3 Å². The first-order valence-corrected chi connectivity index (χ1v) is 7.90. The van der Waals surface area contributed by atoms with Crippen LogP contribution in [0.15, 0.2) is 0 Å². The number of aliphatic carboxylic acids is 1. The average Bonchev–Trinajstić information content (AvgIpc) is 2.72. The van der Waals surface area contributed by atoms with Gasteiger partial charge in [0.25, 0.3) is 0 Å². The third kappa shape index (κ3) is 3.75. The Kier molecular flexibility index (Phi) is 5.29. The molecule has 20 heavy (non-hydrogen) atoms. The standard InChI is InChI=1S/C17H32O3/c1-7-15(3,4)9-13-10-20-12-17(13,14(18)19)11-16(5,6)8-2/h13H,7-12H2,1-6H3,(H,18,19). The van der Waals surface area contributed by atoms with E-state index in [4.69, 9.17) is 4.74 Å². The molecule has 0 spiro atoms. The normalized spacial score (nSPS) is 27.8. The van der Waals surface area contributed by atoms with Crippen molar-refractivity contribution in [2.75, 3.05) is 13.2 Å². The van der Waals surface area contributed by atoms with Crippen LogP contribution in [0.1, 0.15) is 67.2 Å². The smallest absolute Gasteiger partial charge is 0.312 e. The number of carbonyl (C=O) groups is 1. The van der Waals surface area contributed by atoms with Gasteiger partial charge in [0.1, 0.15) is 0 Å². The highest BCUT2D eigenvalue weighted by Crippen LogP contribution is 2.49. The zero-order valence-corrected chi connectivity index (χ0v) is 14.1. The summed E-state index contributed by atoms with van der Waals surface area (Å²) in [7, 11) is 0. The number of carboxylic acids is 1. The molecule has 1 heterocycles. The van der Waals surface area contributed by atoms with E-state index in [0.29, 0.717) is 19.6 Å². The lowest BCUT2D eigenvalue weighted by molar-refractivity contribution is -0.154. The quantitative estimate of drug-likeness (QED) is 0.755. The third-order valence-electron chi connectivity index (χ3n) is 5.39. The number of ether oxygens (including phenoxy) is 1. The van der Waals surface area contributed by atoms with Crippen LogP contribution in [-0.2, 0) is 9.53 Å². The average molecular weight is 284 g/mol. The van der Waals surface area contributed by atoms with Crippen LogP contribution in [0.3, 0.4) is 0 Å². The van der Waals surface area contributed by atoms with Gasteiger partial charge in [0.15, 0.2) is 0 Å². The first-order valence-electron chi connectivity index (χ1n) is 7.90. The van der Waals surface area contributed by atoms with Crippen LogP contribution in [0, 0.1) is 22.2 Å². The second-order valence-corrected chi connectivity index (χ2v) is 8.09. The highest BCUT2D eigenvalue weighted by molar-refractivity contribution is 5.75. The van der Waals surface area contributed by atoms with Gasteiger partial charge >= 0.3 is 5.97 Å². The molecule has 0 bridgehead atoms. The van der Waals surface area contributed by atoms with Crippen molar-refractivity contribution in [3.63, 3.8) is 0 Å². The predicted molar refractivity (Wildman–Crippen MR) is 81.8 cm³/mol. The molecule has 1 saturated heterocycles. The summed E-state index contributed by atoms with van der Waals surface area (Å²) in [5.41, 5.74) is -0.484. The number of hydrogen-bond donors (Lipinski definition) is 1. The van der Waals surface area contributed by atoms with Crippen LogP contribution in [0.4, 0.5) is 0 Å². The van der Waals surface area contributed by atoms with Gasteiger partial charge in [0.05, 0.1) is 18.6 Å². The van der Waals surface area contributed by atoms with E-state index in [0.717, 1.165) is 19.3 Å². The van der Waals surface area contributed by atoms with Gasteiger partial charge in [0, 0.05) is 5.92 Å². The van der Waals surface area contributed by atoms with Crippen LogP contribution in [0.2, 0.25) is 0 Å². The third-order valence-corrected chi connectivity index (χ3v) is 5.39. The van der Waals surface area contributed by atoms with Crippen molar-refractivity contribution in [1.29, 1.82) is 0 Å². The molecular weight excluding hydrogens is 252 g/mol. The molecule has 3 nitrogen and oxygen atoms in total. The lowest BCUT2D eigenvalue weighted by Gasteiger charge is -2.39. The largest absolute Gasteiger partial charge is 0.481 e. The van der Waals surface area contributed by atoms with Crippen molar-refractivity contribution in [2.45, 2.75) is 67.2 Å². The van der Waals surface area contributed by atoms with E-state index in [1.807, 2.05) is 0 Å². The maximum absolute atomic E-state index is 12.0. The zero-order valence-electron chi connectivity index (χ0n) is 14.1. The van der Waals surface area contributed by atoms with E-state index < -0.39 is 11.4 Å². The summed E-state index contributed by atoms with van der Waals surface area (Å²) in [5, 5.41) is 9.88. The highest BCUT2D eigenvalue weighted by Gasteiger charge is 2.53. The molecule has 2 unspecified atom stereocenters. The van der Waals surface area contributed by atoms with Crippen LogP contribution >= 0.6 is 0 Å². The molecule has 0 aromatic heterocycles. The second-order valence-electron chi connectivity index (χ2n) is 8.09. The SMILES string of the molecule is CCC(C)(C)CC1COCC1(CC(C)(C)CC)C(=O)O. The van der Waals surface area contributed by atoms with Gasteiger partial charge in [-0.15, -0.1) is 0 Å². The lowest BCUT2D eigenvalue weighted by atomic mass is 9.63. The van der Waals surface area contributed by atoms with Gasteiger partial charge in [-0.3, -0.25) is 4.79 Å². The molecule has 1 aliphatic rings. The molecule has 1 fully saturated rings. The maximum atomic E-state index is 12.0. The Balaban J connectivity index is 3.01. The summed E-state index contributed by atoms with van der Waals surface area (Å²) in [6, 6.07) is 0. The van der Waals surface area contributed by atoms with Gasteiger partial charge in [0.2, 0.25) is 0 Å². The first kappa shape index (κ1) is 17.5. The number of hydrogen-bond acceptors (Lipinski definition) is 2. The molecule has 0 saturated carbocycles. The topological polar surface area (TPSA) is 46.5 Å². The van der Waals surface area contributed by atoms with E-state index >= 15 is 0 Å². The minimum absolute atomic E-state index is 0.0424. The summed E-state index contributed by atoms with van der Waals surface area (Å²) >= 11 is 0. The molecule has 1 rings (SSSR count). The first-order chi connectivity index (χ1) is 9.08. The molecule has 0 aliphatic carbocycles. The van der Waals surface area contributed by atoms with Crippen molar-refractivity contribution in [2.24, 2.45) is 22.2 Å². The Morgan fingerprint density at radius 2 is 1.75 bits per heavy atom. The van der Waals surface area contributed by atoms with Gasteiger partial charge < -0.3 is 9.84 Å². The van der Waals surface area contributed by atoms with Crippen molar-refractivity contribution >= 4 is 5.97 Å². The molecule has 118 valence electrons. The summed E-state index contributed by atoms with van der Waals surface area (Å²) in [5.74, 6) is -0.547. The summed E-state index contributed by atoms with van der Waals surface area (Å²) in [6.45, 7) is 14.1. The fourth-order valence-corrected chi connectivity index (χ4v) is 3.21. The minimum Gasteiger partial charge on any atom is -0.481 e. The van der Waals surface area contributed by atoms with E-state index in [9.17, 15) is 9.90 Å². The summed E-state index contributed by atoms with van der Waals surface area (Å²) in [6.07, 6.45) is 3.69. The Hall–Kier alpha value is -0.570. The van der Waals surface area contributed by atoms with Gasteiger partial charge in [-0.2, -0.15) is 0 Å². The maximum Gasteiger partial charge on any atom is 0.312 e. The van der Waals surface area contributed by atoms with Crippen molar-refractivity contribution in [3.8, 4) is 0 Å². The zero-order chi connectivity index (χ0) is 15.6. The van der Waals surface area contributed by atoms with Crippen LogP contribution < -0.4 is 0 Å². The number of carboxylic acid groups (broad SMARTS) is 1. The highest BCUT2D eigenvalue weighted by atomic mass is 16.5. The minimum atomic E-state index is -0.702. The monoisotopic (exact) mass is 284 g/mol. The van der Waals surface area contributed by atoms with E-state index in [2.05, 4.69) is 41.5 Å². The lowest BCUT2D eigenvalue weighted by Crippen LogP contribution is -2.43. The molecule has 3 heteroatoms. The van der Waals surface area contributed by atoms with Crippen molar-refractivity contribution < 1.29 is 14.6 Å². The molecule has 0 radical (unpaired) electrons. The van der Waals surface area contributed by atoms with E-state index in [1.54, 1.807) is 0 Å². The van der Waals surface area contributed by atoms with Crippen molar-refractivity contribution in [3.05, 3.63) is 0 Å². The van der Waals surface area contributed by atoms with Crippen LogP contribution in [0.25, 0.3) is 0 Å². The molecule has 0 amide bonds. The van der Waals surface area contributed by atoms with Gasteiger partial charge in [-0.05, 0) is 23.7 Å². The molecule has 2 atom stereocenters. The fraction of sp³-hybridized carbons (Fsp3) is 0.941. The Bertz CT molecular complexity index is 346. The summed E-state index contributed by atoms with van der Waals surface area (Å²) < 4.78 is 5.63. The van der Waals surface area contributed by atoms with Gasteiger partial charge in [-0.25, -0.2) is 0 Å². The second kappa shape index (κ2) is 6.05. The van der Waals surface area contributed by atoms with Gasteiger partial charge in [-0.1, -0.05) is 54.4 Å². The van der Waals surface area contributed by atoms with E-state index in [1.165, 1.54) is 0 Å². The Labute approximate surface area is 124 Å². The Morgan fingerprint density at radius 1 is 1.20 bits per heavy atom. The molecule has 1 N–H and O–H groups in total. The summed E-state index contributed by atoms with van der Waals surface area (Å²) in [4.78, 5) is 12.0.